The highest BCUT2D eigenvalue weighted by Gasteiger charge is 2.17. The highest BCUT2D eigenvalue weighted by Crippen LogP contribution is 2.40. The van der Waals surface area contributed by atoms with Crippen LogP contribution in [0.1, 0.15) is 0 Å². The first-order chi connectivity index (χ1) is 27.2. The van der Waals surface area contributed by atoms with E-state index in [0.717, 1.165) is 0 Å². The number of thiophene rings is 1. The van der Waals surface area contributed by atoms with Gasteiger partial charge in [0.05, 0.1) is 22.1 Å². The summed E-state index contributed by atoms with van der Waals surface area (Å²) in [4.78, 5) is 0. The van der Waals surface area contributed by atoms with E-state index in [4.69, 9.17) is 0 Å². The number of fused-ring (bicyclic) bond motifs is 10. The van der Waals surface area contributed by atoms with Crippen LogP contribution in [0.5, 0.6) is 0 Å². The zero-order chi connectivity index (χ0) is 36.0. The fourth-order valence-electron chi connectivity index (χ4n) is 8.91. The highest BCUT2D eigenvalue weighted by atomic mass is 32.1. The van der Waals surface area contributed by atoms with E-state index in [0.29, 0.717) is 0 Å². The van der Waals surface area contributed by atoms with Crippen molar-refractivity contribution < 1.29 is 0 Å². The first-order valence-corrected chi connectivity index (χ1v) is 19.6. The molecule has 0 saturated carbocycles. The molecule has 0 amide bonds. The minimum Gasteiger partial charge on any atom is -0.309 e. The Labute approximate surface area is 321 Å². The molecule has 12 rings (SSSR count). The molecule has 3 aromatic heterocycles. The van der Waals surface area contributed by atoms with E-state index in [-0.39, 0.29) is 0 Å². The molecule has 0 aliphatic carbocycles. The summed E-state index contributed by atoms with van der Waals surface area (Å²) in [5, 5.41) is 10.2. The van der Waals surface area contributed by atoms with Gasteiger partial charge in [0.15, 0.2) is 0 Å². The molecule has 0 spiro atoms. The molecule has 0 atom stereocenters. The first kappa shape index (κ1) is 30.5. The van der Waals surface area contributed by atoms with Gasteiger partial charge in [-0.1, -0.05) is 115 Å². The Kier molecular flexibility index (Phi) is 6.54. The van der Waals surface area contributed by atoms with Gasteiger partial charge in [-0.25, -0.2) is 0 Å². The van der Waals surface area contributed by atoms with Crippen LogP contribution in [0.4, 0.5) is 0 Å². The van der Waals surface area contributed by atoms with Crippen LogP contribution in [-0.4, -0.2) is 9.13 Å². The quantitative estimate of drug-likeness (QED) is 0.172. The largest absolute Gasteiger partial charge is 0.309 e. The van der Waals surface area contributed by atoms with Gasteiger partial charge in [-0.05, 0) is 112 Å². The maximum atomic E-state index is 2.43. The molecule has 0 radical (unpaired) electrons. The molecule has 3 heteroatoms. The molecule has 256 valence electrons. The molecule has 55 heavy (non-hydrogen) atoms. The van der Waals surface area contributed by atoms with Gasteiger partial charge in [0.2, 0.25) is 0 Å². The zero-order valence-electron chi connectivity index (χ0n) is 29.8. The van der Waals surface area contributed by atoms with Crippen molar-refractivity contribution in [2.75, 3.05) is 0 Å². The van der Waals surface area contributed by atoms with Crippen LogP contribution in [0.25, 0.3) is 108 Å². The van der Waals surface area contributed by atoms with Crippen molar-refractivity contribution in [1.82, 2.24) is 9.13 Å². The summed E-state index contributed by atoms with van der Waals surface area (Å²) in [5.74, 6) is 0. The average Bonchev–Trinajstić information content (AvgIpc) is 3.90. The number of para-hydroxylation sites is 2. The number of nitrogens with zero attached hydrogens (tertiary/aromatic N) is 2. The lowest BCUT2D eigenvalue weighted by Crippen LogP contribution is -1.93. The molecule has 0 bridgehead atoms. The predicted molar refractivity (Wildman–Crippen MR) is 236 cm³/mol. The Morgan fingerprint density at radius 1 is 0.273 bits per heavy atom. The second-order valence-electron chi connectivity index (χ2n) is 14.6. The predicted octanol–water partition coefficient (Wildman–Crippen LogP) is 14.7. The van der Waals surface area contributed by atoms with Crippen molar-refractivity contribution in [2.24, 2.45) is 0 Å². The van der Waals surface area contributed by atoms with Gasteiger partial charge in [0.1, 0.15) is 0 Å². The van der Waals surface area contributed by atoms with E-state index in [1.165, 1.54) is 108 Å². The fourth-order valence-corrected chi connectivity index (χ4v) is 9.99. The lowest BCUT2D eigenvalue weighted by molar-refractivity contribution is 1.19. The fraction of sp³-hybridized carbons (Fsp3) is 0. The van der Waals surface area contributed by atoms with Gasteiger partial charge >= 0.3 is 0 Å². The maximum Gasteiger partial charge on any atom is 0.0541 e. The summed E-state index contributed by atoms with van der Waals surface area (Å²) in [6.45, 7) is 0. The monoisotopic (exact) mass is 716 g/mol. The maximum absolute atomic E-state index is 2.43. The van der Waals surface area contributed by atoms with Crippen molar-refractivity contribution in [1.29, 1.82) is 0 Å². The van der Waals surface area contributed by atoms with Crippen molar-refractivity contribution in [3.63, 3.8) is 0 Å². The standard InChI is InChI=1S/C52H32N2S/c1-2-11-36-29-39(23-20-33(36)10-1)53-47-17-6-3-14-41(47)44-30-37(21-25-49(44)53)34-12-9-13-35(28-34)38-22-26-50-45(31-38)42-15-4-7-18-48(42)54(50)40-24-27-52-46(32-40)43-16-5-8-19-51(43)55-52/h1-32H. The third-order valence-electron chi connectivity index (χ3n) is 11.5. The second kappa shape index (κ2) is 11.8. The molecule has 9 aromatic carbocycles. The Hall–Kier alpha value is -6.94. The number of hydrogen-bond donors (Lipinski definition) is 0. The molecule has 0 N–H and O–H groups in total. The topological polar surface area (TPSA) is 9.86 Å². The molecule has 0 unspecified atom stereocenters. The second-order valence-corrected chi connectivity index (χ2v) is 15.6. The van der Waals surface area contributed by atoms with Crippen LogP contribution in [0, 0.1) is 0 Å². The van der Waals surface area contributed by atoms with Crippen LogP contribution >= 0.6 is 11.3 Å². The zero-order valence-corrected chi connectivity index (χ0v) is 30.6. The van der Waals surface area contributed by atoms with E-state index in [1.807, 2.05) is 11.3 Å². The van der Waals surface area contributed by atoms with Crippen molar-refractivity contribution in [2.45, 2.75) is 0 Å². The highest BCUT2D eigenvalue weighted by molar-refractivity contribution is 7.25. The van der Waals surface area contributed by atoms with E-state index in [2.05, 4.69) is 203 Å². The van der Waals surface area contributed by atoms with Crippen LogP contribution < -0.4 is 0 Å². The molecule has 0 saturated heterocycles. The Morgan fingerprint density at radius 2 is 0.782 bits per heavy atom. The summed E-state index contributed by atoms with van der Waals surface area (Å²) in [6, 6.07) is 71.6. The summed E-state index contributed by atoms with van der Waals surface area (Å²) in [5.41, 5.74) is 12.1. The van der Waals surface area contributed by atoms with Crippen molar-refractivity contribution in [3.8, 4) is 33.6 Å². The van der Waals surface area contributed by atoms with E-state index in [1.54, 1.807) is 0 Å². The number of benzene rings is 9. The van der Waals surface area contributed by atoms with Crippen LogP contribution in [-0.2, 0) is 0 Å². The summed E-state index contributed by atoms with van der Waals surface area (Å²) in [6.07, 6.45) is 0. The Bertz CT molecular complexity index is 3500. The summed E-state index contributed by atoms with van der Waals surface area (Å²) < 4.78 is 7.49. The van der Waals surface area contributed by atoms with Gasteiger partial charge in [-0.3, -0.25) is 0 Å². The summed E-state index contributed by atoms with van der Waals surface area (Å²) in [7, 11) is 0. The van der Waals surface area contributed by atoms with Gasteiger partial charge in [0.25, 0.3) is 0 Å². The molecule has 2 nitrogen and oxygen atoms in total. The van der Waals surface area contributed by atoms with E-state index < -0.39 is 0 Å². The molecule has 12 aromatic rings. The normalized spacial score (nSPS) is 12.0. The minimum absolute atomic E-state index is 1.18. The molecule has 0 aliphatic rings. The molecule has 3 heterocycles. The van der Waals surface area contributed by atoms with Crippen molar-refractivity contribution >= 4 is 85.9 Å². The first-order valence-electron chi connectivity index (χ1n) is 18.8. The van der Waals surface area contributed by atoms with E-state index >= 15 is 0 Å². The Morgan fingerprint density at radius 3 is 1.47 bits per heavy atom. The Balaban J connectivity index is 0.972. The van der Waals surface area contributed by atoms with Crippen LogP contribution in [0.2, 0.25) is 0 Å². The van der Waals surface area contributed by atoms with Gasteiger partial charge in [0, 0.05) is 53.1 Å². The smallest absolute Gasteiger partial charge is 0.0541 e. The third kappa shape index (κ3) is 4.67. The number of hydrogen-bond acceptors (Lipinski definition) is 1. The van der Waals surface area contributed by atoms with Gasteiger partial charge in [-0.2, -0.15) is 0 Å². The number of aromatic nitrogens is 2. The van der Waals surface area contributed by atoms with Crippen LogP contribution in [0.3, 0.4) is 0 Å². The molecular weight excluding hydrogens is 685 g/mol. The third-order valence-corrected chi connectivity index (χ3v) is 12.6. The minimum atomic E-state index is 1.18. The lowest BCUT2D eigenvalue weighted by Gasteiger charge is -2.11. The van der Waals surface area contributed by atoms with Crippen molar-refractivity contribution in [3.05, 3.63) is 194 Å². The van der Waals surface area contributed by atoms with Gasteiger partial charge in [-0.15, -0.1) is 11.3 Å². The summed E-state index contributed by atoms with van der Waals surface area (Å²) >= 11 is 1.86. The average molecular weight is 717 g/mol. The molecule has 0 fully saturated rings. The number of rotatable bonds is 4. The van der Waals surface area contributed by atoms with Crippen LogP contribution in [0.15, 0.2) is 194 Å². The SMILES string of the molecule is c1cc(-c2ccc3c(c2)c2ccccc2n3-c2ccc3ccccc3c2)cc(-c2ccc3c(c2)c2ccccc2n3-c2ccc3sc4ccccc4c3c2)c1. The molecular formula is C52H32N2S. The lowest BCUT2D eigenvalue weighted by atomic mass is 9.97. The molecule has 0 aliphatic heterocycles. The van der Waals surface area contributed by atoms with Gasteiger partial charge < -0.3 is 9.13 Å². The van der Waals surface area contributed by atoms with E-state index in [9.17, 15) is 0 Å².